The van der Waals surface area contributed by atoms with E-state index in [0.29, 0.717) is 5.56 Å². The van der Waals surface area contributed by atoms with Crippen LogP contribution in [0.2, 0.25) is 0 Å². The van der Waals surface area contributed by atoms with Gasteiger partial charge in [-0.1, -0.05) is 37.3 Å². The maximum atomic E-state index is 13.9. The second-order valence-corrected chi connectivity index (χ2v) is 6.20. The number of benzene rings is 1. The van der Waals surface area contributed by atoms with Gasteiger partial charge < -0.3 is 10.0 Å². The van der Waals surface area contributed by atoms with Crippen LogP contribution in [0.1, 0.15) is 18.9 Å². The average Bonchev–Trinajstić information content (AvgIpc) is 2.57. The summed E-state index contributed by atoms with van der Waals surface area (Å²) in [6.07, 6.45) is 15.4. The summed E-state index contributed by atoms with van der Waals surface area (Å²) in [5, 5.41) is 10.5. The number of phenols is 1. The molecule has 0 fully saturated rings. The van der Waals surface area contributed by atoms with Crippen LogP contribution in [0.4, 0.5) is 4.39 Å². The zero-order valence-corrected chi connectivity index (χ0v) is 15.7. The number of hydrogen-bond acceptors (Lipinski definition) is 2. The highest BCUT2D eigenvalue weighted by Crippen LogP contribution is 2.49. The molecule has 0 bridgehead atoms. The summed E-state index contributed by atoms with van der Waals surface area (Å²) in [6.45, 7) is 2.93. The molecule has 2 unspecified atom stereocenters. The lowest BCUT2D eigenvalue weighted by molar-refractivity contribution is 0.397. The summed E-state index contributed by atoms with van der Waals surface area (Å²) in [5.41, 5.74) is 1.20. The van der Waals surface area contributed by atoms with Crippen molar-refractivity contribution in [1.82, 2.24) is 4.90 Å². The van der Waals surface area contributed by atoms with E-state index < -0.39 is 5.41 Å². The number of rotatable bonds is 3. The van der Waals surface area contributed by atoms with Gasteiger partial charge >= 0.3 is 0 Å². The van der Waals surface area contributed by atoms with Crippen molar-refractivity contribution in [3.63, 3.8) is 0 Å². The number of likely N-dealkylation sites (N-methyl/N-ethyl adjacent to an activating group) is 1. The van der Waals surface area contributed by atoms with Crippen molar-refractivity contribution in [2.45, 2.75) is 18.8 Å². The van der Waals surface area contributed by atoms with Crippen molar-refractivity contribution in [3.05, 3.63) is 77.8 Å². The minimum Gasteiger partial charge on any atom is -0.508 e. The monoisotopic (exact) mass is 391 g/mol. The normalized spacial score (nSPS) is 25.4. The molecule has 1 aromatic carbocycles. The van der Waals surface area contributed by atoms with Crippen LogP contribution in [0.5, 0.6) is 5.75 Å². The first-order valence-corrected chi connectivity index (χ1v) is 8.02. The number of allylic oxidation sites excluding steroid dienone is 6. The predicted octanol–water partition coefficient (Wildman–Crippen LogP) is 4.88. The van der Waals surface area contributed by atoms with E-state index in [1.165, 1.54) is 18.2 Å². The molecule has 3 rings (SSSR count). The zero-order valence-electron chi connectivity index (χ0n) is 13.9. The molecular weight excluding hydrogens is 369 g/mol. The molecule has 0 saturated heterocycles. The highest BCUT2D eigenvalue weighted by atomic mass is 79.9. The molecule has 0 amide bonds. The molecular formula is C20H23BrFNO. The molecule has 0 radical (unpaired) electrons. The van der Waals surface area contributed by atoms with Gasteiger partial charge in [-0.15, -0.1) is 17.0 Å². The summed E-state index contributed by atoms with van der Waals surface area (Å²) in [7, 11) is 2.02. The third kappa shape index (κ3) is 3.07. The first-order chi connectivity index (χ1) is 11.1. The van der Waals surface area contributed by atoms with Gasteiger partial charge in [0.1, 0.15) is 11.6 Å². The maximum absolute atomic E-state index is 13.9. The van der Waals surface area contributed by atoms with E-state index in [2.05, 4.69) is 36.1 Å². The molecule has 2 nitrogen and oxygen atoms in total. The van der Waals surface area contributed by atoms with Crippen LogP contribution >= 0.6 is 17.0 Å². The second-order valence-electron chi connectivity index (χ2n) is 6.20. The Morgan fingerprint density at radius 1 is 1.33 bits per heavy atom. The van der Waals surface area contributed by atoms with Gasteiger partial charge in [0, 0.05) is 24.6 Å². The highest BCUT2D eigenvalue weighted by Gasteiger charge is 2.42. The highest BCUT2D eigenvalue weighted by molar-refractivity contribution is 8.93. The number of hydrogen-bond donors (Lipinski definition) is 1. The molecule has 4 heteroatoms. The van der Waals surface area contributed by atoms with Crippen LogP contribution in [-0.2, 0) is 5.41 Å². The van der Waals surface area contributed by atoms with Crippen molar-refractivity contribution in [2.24, 2.45) is 5.92 Å². The lowest BCUT2D eigenvalue weighted by Crippen LogP contribution is -2.36. The van der Waals surface area contributed by atoms with E-state index in [0.717, 1.165) is 18.5 Å². The Labute approximate surface area is 153 Å². The third-order valence-corrected chi connectivity index (χ3v) is 4.83. The third-order valence-electron chi connectivity index (χ3n) is 4.83. The van der Waals surface area contributed by atoms with E-state index >= 15 is 0 Å². The fraction of sp³-hybridized carbons (Fsp3) is 0.300. The summed E-state index contributed by atoms with van der Waals surface area (Å²) in [5.74, 6) is -0.0231. The molecule has 0 spiro atoms. The Hall–Kier alpha value is -1.81. The Morgan fingerprint density at radius 2 is 2.12 bits per heavy atom. The Kier molecular flexibility index (Phi) is 5.70. The topological polar surface area (TPSA) is 23.5 Å². The molecule has 2 aliphatic rings. The Bertz CT molecular complexity index is 722. The van der Waals surface area contributed by atoms with Gasteiger partial charge in [-0.25, -0.2) is 4.39 Å². The SMILES string of the molecule is Br.CCC1C=CC=CC1(C1=CCN(C)C=C1)c1cc(F)ccc1O. The number of halogens is 2. The summed E-state index contributed by atoms with van der Waals surface area (Å²) < 4.78 is 13.9. The Morgan fingerprint density at radius 3 is 2.79 bits per heavy atom. The van der Waals surface area contributed by atoms with Crippen molar-refractivity contribution in [3.8, 4) is 5.75 Å². The lowest BCUT2D eigenvalue weighted by Gasteiger charge is -2.41. The number of phenolic OH excluding ortho intramolecular Hbond substituents is 1. The van der Waals surface area contributed by atoms with Gasteiger partial charge in [0.25, 0.3) is 0 Å². The van der Waals surface area contributed by atoms with Gasteiger partial charge in [-0.3, -0.25) is 0 Å². The molecule has 0 saturated carbocycles. The largest absolute Gasteiger partial charge is 0.508 e. The van der Waals surface area contributed by atoms with E-state index in [1.807, 2.05) is 25.4 Å². The zero-order chi connectivity index (χ0) is 16.4. The minimum atomic E-state index is -0.534. The fourth-order valence-electron chi connectivity index (χ4n) is 3.62. The van der Waals surface area contributed by atoms with Crippen LogP contribution in [0.3, 0.4) is 0 Å². The van der Waals surface area contributed by atoms with Crippen LogP contribution in [0.25, 0.3) is 0 Å². The van der Waals surface area contributed by atoms with Gasteiger partial charge in [0.2, 0.25) is 0 Å². The van der Waals surface area contributed by atoms with E-state index in [9.17, 15) is 9.50 Å². The molecule has 1 aliphatic heterocycles. The standard InChI is InChI=1S/C20H22FNO.BrH/c1-3-15-6-4-5-11-20(15,16-9-12-22(2)13-10-16)18-14-17(21)7-8-19(18)23;/h4-12,14-15,23H,3,13H2,1-2H3;1H. The van der Waals surface area contributed by atoms with Crippen molar-refractivity contribution in [2.75, 3.05) is 13.6 Å². The molecule has 24 heavy (non-hydrogen) atoms. The molecule has 1 aromatic rings. The molecule has 0 aromatic heterocycles. The van der Waals surface area contributed by atoms with Crippen LogP contribution < -0.4 is 0 Å². The average molecular weight is 392 g/mol. The minimum absolute atomic E-state index is 0. The molecule has 1 N–H and O–H groups in total. The predicted molar refractivity (Wildman–Crippen MR) is 102 cm³/mol. The van der Waals surface area contributed by atoms with Gasteiger partial charge in [0.05, 0.1) is 0 Å². The van der Waals surface area contributed by atoms with Gasteiger partial charge in [-0.05, 0) is 48.4 Å². The van der Waals surface area contributed by atoms with Crippen LogP contribution in [0.15, 0.2) is 66.4 Å². The first kappa shape index (κ1) is 18.5. The molecule has 128 valence electrons. The lowest BCUT2D eigenvalue weighted by atomic mass is 9.62. The smallest absolute Gasteiger partial charge is 0.123 e. The maximum Gasteiger partial charge on any atom is 0.123 e. The second kappa shape index (κ2) is 7.39. The van der Waals surface area contributed by atoms with E-state index in [4.69, 9.17) is 0 Å². The van der Waals surface area contributed by atoms with Crippen LogP contribution in [0, 0.1) is 11.7 Å². The van der Waals surface area contributed by atoms with Crippen molar-refractivity contribution >= 4 is 17.0 Å². The molecule has 1 aliphatic carbocycles. The molecule has 2 atom stereocenters. The van der Waals surface area contributed by atoms with Crippen molar-refractivity contribution in [1.29, 1.82) is 0 Å². The summed E-state index contributed by atoms with van der Waals surface area (Å²) in [4.78, 5) is 2.09. The first-order valence-electron chi connectivity index (χ1n) is 8.02. The molecule has 1 heterocycles. The van der Waals surface area contributed by atoms with Crippen LogP contribution in [-0.4, -0.2) is 23.6 Å². The number of nitrogens with zero attached hydrogens (tertiary/aromatic N) is 1. The van der Waals surface area contributed by atoms with Gasteiger partial charge in [0.15, 0.2) is 0 Å². The quantitative estimate of drug-likeness (QED) is 0.792. The number of aromatic hydroxyl groups is 1. The van der Waals surface area contributed by atoms with E-state index in [1.54, 1.807) is 0 Å². The van der Waals surface area contributed by atoms with Crippen molar-refractivity contribution < 1.29 is 9.50 Å². The Balaban J connectivity index is 0.00000208. The fourth-order valence-corrected chi connectivity index (χ4v) is 3.62. The summed E-state index contributed by atoms with van der Waals surface area (Å²) in [6, 6.07) is 4.22. The van der Waals surface area contributed by atoms with E-state index in [-0.39, 0.29) is 34.5 Å². The summed E-state index contributed by atoms with van der Waals surface area (Å²) >= 11 is 0. The van der Waals surface area contributed by atoms with Gasteiger partial charge in [-0.2, -0.15) is 0 Å².